The quantitative estimate of drug-likeness (QED) is 0.862. The normalized spacial score (nSPS) is 13.2. The first-order valence-corrected chi connectivity index (χ1v) is 7.12. The molecule has 1 heterocycles. The number of ether oxygens (including phenoxy) is 1. The maximum atomic E-state index is 12.5. The average molecular weight is 314 g/mol. The van der Waals surface area contributed by atoms with Gasteiger partial charge in [0.05, 0.1) is 23.9 Å². The molecule has 2 amide bonds. The Balaban J connectivity index is 1.89. The molecule has 0 atom stereocenters. The number of hydrogen-bond donors (Lipinski definition) is 1. The Labute approximate surface area is 132 Å². The van der Waals surface area contributed by atoms with Gasteiger partial charge in [-0.05, 0) is 42.5 Å². The van der Waals surface area contributed by atoms with E-state index in [0.29, 0.717) is 22.6 Å². The molecule has 3 rings (SSSR count). The van der Waals surface area contributed by atoms with E-state index in [-0.39, 0.29) is 18.4 Å². The van der Waals surface area contributed by atoms with Crippen molar-refractivity contribution >= 4 is 23.2 Å². The van der Waals surface area contributed by atoms with Crippen LogP contribution < -0.4 is 15.0 Å². The summed E-state index contributed by atoms with van der Waals surface area (Å²) < 4.78 is 17.2. The van der Waals surface area contributed by atoms with Gasteiger partial charge in [-0.25, -0.2) is 9.29 Å². The molecule has 0 radical (unpaired) electrons. The predicted molar refractivity (Wildman–Crippen MR) is 85.0 cm³/mol. The largest absolute Gasteiger partial charge is 0.497 e. The number of methoxy groups -OCH3 is 1. The second kappa shape index (κ2) is 6.08. The molecule has 0 fully saturated rings. The lowest BCUT2D eigenvalue weighted by molar-refractivity contribution is 0.0926. The van der Waals surface area contributed by atoms with E-state index in [4.69, 9.17) is 4.74 Å². The smallest absolute Gasteiger partial charge is 0.266 e. The van der Waals surface area contributed by atoms with E-state index in [1.54, 1.807) is 42.5 Å². The Morgan fingerprint density at radius 1 is 1.04 bits per heavy atom. The summed E-state index contributed by atoms with van der Waals surface area (Å²) in [6.07, 6.45) is 0. The second-order valence-electron chi connectivity index (χ2n) is 5.02. The fourth-order valence-corrected chi connectivity index (χ4v) is 2.50. The molecule has 0 saturated carbocycles. The monoisotopic (exact) mass is 314 g/mol. The Morgan fingerprint density at radius 2 is 1.74 bits per heavy atom. The van der Waals surface area contributed by atoms with E-state index in [9.17, 15) is 14.0 Å². The molecule has 2 aromatic rings. The number of benzene rings is 2. The van der Waals surface area contributed by atoms with Gasteiger partial charge in [0.25, 0.3) is 11.8 Å². The first kappa shape index (κ1) is 15.0. The van der Waals surface area contributed by atoms with Gasteiger partial charge in [-0.1, -0.05) is 0 Å². The fraction of sp³-hybridized carbons (Fsp3) is 0.176. The standard InChI is InChI=1S/C17H15FN2O3/c1-23-13-6-7-14-15(10-13)17(22)20(16(14)21)12-4-2-11(3-5-12)19-9-8-18/h2-7,10,19H,8-9H2,1H3. The molecule has 0 aliphatic carbocycles. The van der Waals surface area contributed by atoms with Gasteiger partial charge in [-0.15, -0.1) is 0 Å². The van der Waals surface area contributed by atoms with Crippen molar-refractivity contribution < 1.29 is 18.7 Å². The van der Waals surface area contributed by atoms with Crippen LogP contribution in [0.1, 0.15) is 20.7 Å². The molecule has 1 aliphatic rings. The summed E-state index contributed by atoms with van der Waals surface area (Å²) >= 11 is 0. The number of nitrogens with zero attached hydrogens (tertiary/aromatic N) is 1. The molecule has 5 nitrogen and oxygen atoms in total. The average Bonchev–Trinajstić information content (AvgIpc) is 2.84. The minimum Gasteiger partial charge on any atom is -0.497 e. The molecular weight excluding hydrogens is 299 g/mol. The van der Waals surface area contributed by atoms with Crippen LogP contribution in [0.5, 0.6) is 5.75 Å². The van der Waals surface area contributed by atoms with E-state index in [1.165, 1.54) is 7.11 Å². The highest BCUT2D eigenvalue weighted by Crippen LogP contribution is 2.31. The molecule has 23 heavy (non-hydrogen) atoms. The number of imide groups is 1. The zero-order valence-corrected chi connectivity index (χ0v) is 12.5. The summed E-state index contributed by atoms with van der Waals surface area (Å²) in [7, 11) is 1.50. The van der Waals surface area contributed by atoms with Crippen molar-refractivity contribution in [2.45, 2.75) is 0 Å². The lowest BCUT2D eigenvalue weighted by Crippen LogP contribution is -2.29. The third-order valence-corrected chi connectivity index (χ3v) is 3.64. The van der Waals surface area contributed by atoms with Crippen LogP contribution in [0.3, 0.4) is 0 Å². The molecule has 6 heteroatoms. The molecule has 0 bridgehead atoms. The number of fused-ring (bicyclic) bond motifs is 1. The zero-order valence-electron chi connectivity index (χ0n) is 12.5. The molecular formula is C17H15FN2O3. The Kier molecular flexibility index (Phi) is 3.97. The SMILES string of the molecule is COc1ccc2c(c1)C(=O)N(c1ccc(NCCF)cc1)C2=O. The van der Waals surface area contributed by atoms with Crippen molar-refractivity contribution in [3.05, 3.63) is 53.6 Å². The van der Waals surface area contributed by atoms with E-state index < -0.39 is 6.67 Å². The summed E-state index contributed by atoms with van der Waals surface area (Å²) in [5.74, 6) is -0.219. The number of amides is 2. The van der Waals surface area contributed by atoms with E-state index in [1.807, 2.05) is 0 Å². The minimum absolute atomic E-state index is 0.214. The molecule has 0 spiro atoms. The second-order valence-corrected chi connectivity index (χ2v) is 5.02. The first-order chi connectivity index (χ1) is 11.2. The van der Waals surface area contributed by atoms with Crippen molar-refractivity contribution in [2.75, 3.05) is 30.5 Å². The number of anilines is 2. The third-order valence-electron chi connectivity index (χ3n) is 3.64. The summed E-state index contributed by atoms with van der Waals surface area (Å²) in [5.41, 5.74) is 1.88. The maximum absolute atomic E-state index is 12.5. The van der Waals surface area contributed by atoms with Gasteiger partial charge in [0.15, 0.2) is 0 Å². The maximum Gasteiger partial charge on any atom is 0.266 e. The highest BCUT2D eigenvalue weighted by atomic mass is 19.1. The van der Waals surface area contributed by atoms with Gasteiger partial charge in [0.2, 0.25) is 0 Å². The molecule has 0 saturated heterocycles. The molecule has 1 N–H and O–H groups in total. The highest BCUT2D eigenvalue weighted by Gasteiger charge is 2.36. The topological polar surface area (TPSA) is 58.6 Å². The molecule has 0 unspecified atom stereocenters. The summed E-state index contributed by atoms with van der Waals surface area (Å²) in [4.78, 5) is 26.1. The van der Waals surface area contributed by atoms with Crippen molar-refractivity contribution in [1.82, 2.24) is 0 Å². The van der Waals surface area contributed by atoms with Crippen LogP contribution in [0.4, 0.5) is 15.8 Å². The lowest BCUT2D eigenvalue weighted by atomic mass is 10.1. The van der Waals surface area contributed by atoms with Gasteiger partial charge in [-0.3, -0.25) is 9.59 Å². The predicted octanol–water partition coefficient (Wildman–Crippen LogP) is 2.88. The first-order valence-electron chi connectivity index (χ1n) is 7.12. The molecule has 1 aliphatic heterocycles. The van der Waals surface area contributed by atoms with Gasteiger partial charge in [-0.2, -0.15) is 0 Å². The Morgan fingerprint density at radius 3 is 2.39 bits per heavy atom. The summed E-state index contributed by atoms with van der Waals surface area (Å²) in [6, 6.07) is 11.5. The number of hydrogen-bond acceptors (Lipinski definition) is 4. The fourth-order valence-electron chi connectivity index (χ4n) is 2.50. The Hall–Kier alpha value is -2.89. The van der Waals surface area contributed by atoms with Crippen molar-refractivity contribution in [3.8, 4) is 5.75 Å². The van der Waals surface area contributed by atoms with E-state index in [2.05, 4.69) is 5.32 Å². The van der Waals surface area contributed by atoms with Crippen molar-refractivity contribution in [2.24, 2.45) is 0 Å². The zero-order chi connectivity index (χ0) is 16.4. The van der Waals surface area contributed by atoms with Crippen molar-refractivity contribution in [1.29, 1.82) is 0 Å². The van der Waals surface area contributed by atoms with Crippen LogP contribution in [0.25, 0.3) is 0 Å². The number of halogens is 1. The number of nitrogens with one attached hydrogen (secondary N) is 1. The number of carbonyl (C=O) groups excluding carboxylic acids is 2. The van der Waals surface area contributed by atoms with Gasteiger partial charge in [0.1, 0.15) is 12.4 Å². The van der Waals surface area contributed by atoms with Crippen LogP contribution in [-0.2, 0) is 0 Å². The lowest BCUT2D eigenvalue weighted by Gasteiger charge is -2.14. The van der Waals surface area contributed by atoms with Crippen LogP contribution in [-0.4, -0.2) is 32.1 Å². The highest BCUT2D eigenvalue weighted by molar-refractivity contribution is 6.34. The summed E-state index contributed by atoms with van der Waals surface area (Å²) in [5, 5.41) is 2.89. The number of rotatable bonds is 5. The number of carbonyl (C=O) groups is 2. The van der Waals surface area contributed by atoms with Crippen LogP contribution in [0.2, 0.25) is 0 Å². The number of alkyl halides is 1. The van der Waals surface area contributed by atoms with Gasteiger partial charge >= 0.3 is 0 Å². The van der Waals surface area contributed by atoms with Gasteiger partial charge < -0.3 is 10.1 Å². The minimum atomic E-state index is -0.470. The Bertz CT molecular complexity index is 759. The molecule has 2 aromatic carbocycles. The van der Waals surface area contributed by atoms with Gasteiger partial charge in [0, 0.05) is 12.2 Å². The van der Waals surface area contributed by atoms with Crippen LogP contribution in [0.15, 0.2) is 42.5 Å². The van der Waals surface area contributed by atoms with E-state index >= 15 is 0 Å². The van der Waals surface area contributed by atoms with Crippen LogP contribution >= 0.6 is 0 Å². The van der Waals surface area contributed by atoms with E-state index in [0.717, 1.165) is 10.6 Å². The van der Waals surface area contributed by atoms with Crippen LogP contribution in [0, 0.1) is 0 Å². The van der Waals surface area contributed by atoms with Crippen molar-refractivity contribution in [3.63, 3.8) is 0 Å². The molecule has 0 aromatic heterocycles. The third kappa shape index (κ3) is 2.63. The molecule has 118 valence electrons. The summed E-state index contributed by atoms with van der Waals surface area (Å²) in [6.45, 7) is -0.256.